The maximum absolute atomic E-state index is 13.2. The SMILES string of the molecule is CCC(CCc1ccccc1)(C(=O)OC)C(F)(F)F. The summed E-state index contributed by atoms with van der Waals surface area (Å²) < 4.78 is 44.0. The molecule has 1 atom stereocenters. The highest BCUT2D eigenvalue weighted by Crippen LogP contribution is 2.45. The molecule has 0 amide bonds. The standard InChI is InChI=1S/C14H17F3O2/c1-3-13(12(18)19-2,14(15,16)17)10-9-11-7-5-4-6-8-11/h4-8H,3,9-10H2,1-2H3. The second-order valence-electron chi connectivity index (χ2n) is 4.41. The Morgan fingerprint density at radius 2 is 1.79 bits per heavy atom. The van der Waals surface area contributed by atoms with Gasteiger partial charge in [0.05, 0.1) is 7.11 Å². The van der Waals surface area contributed by atoms with Gasteiger partial charge in [-0.2, -0.15) is 13.2 Å². The number of halogens is 3. The van der Waals surface area contributed by atoms with Crippen molar-refractivity contribution >= 4 is 5.97 Å². The average molecular weight is 274 g/mol. The topological polar surface area (TPSA) is 26.3 Å². The van der Waals surface area contributed by atoms with Crippen molar-refractivity contribution in [2.45, 2.75) is 32.4 Å². The van der Waals surface area contributed by atoms with Gasteiger partial charge in [-0.05, 0) is 24.8 Å². The van der Waals surface area contributed by atoms with Gasteiger partial charge in [-0.15, -0.1) is 0 Å². The van der Waals surface area contributed by atoms with Gasteiger partial charge in [-0.3, -0.25) is 4.79 Å². The Kier molecular flexibility index (Phi) is 4.97. The quantitative estimate of drug-likeness (QED) is 0.764. The fourth-order valence-electron chi connectivity index (χ4n) is 2.08. The highest BCUT2D eigenvalue weighted by atomic mass is 19.4. The monoisotopic (exact) mass is 274 g/mol. The number of alkyl halides is 3. The predicted octanol–water partition coefficient (Wildman–Crippen LogP) is 3.75. The first-order valence-electron chi connectivity index (χ1n) is 6.06. The number of hydrogen-bond acceptors (Lipinski definition) is 2. The molecule has 1 aromatic rings. The van der Waals surface area contributed by atoms with Gasteiger partial charge < -0.3 is 4.74 Å². The third-order valence-corrected chi connectivity index (χ3v) is 3.41. The highest BCUT2D eigenvalue weighted by molar-refractivity contribution is 5.77. The molecular weight excluding hydrogens is 257 g/mol. The van der Waals surface area contributed by atoms with Crippen molar-refractivity contribution < 1.29 is 22.7 Å². The molecule has 0 spiro atoms. The largest absolute Gasteiger partial charge is 0.468 e. The lowest BCUT2D eigenvalue weighted by Crippen LogP contribution is -2.45. The minimum atomic E-state index is -4.61. The molecule has 1 unspecified atom stereocenters. The van der Waals surface area contributed by atoms with Crippen molar-refractivity contribution in [2.75, 3.05) is 7.11 Å². The van der Waals surface area contributed by atoms with Crippen molar-refractivity contribution in [2.24, 2.45) is 5.41 Å². The first kappa shape index (κ1) is 15.5. The maximum Gasteiger partial charge on any atom is 0.404 e. The lowest BCUT2D eigenvalue weighted by atomic mass is 9.79. The van der Waals surface area contributed by atoms with E-state index in [0.717, 1.165) is 12.7 Å². The number of carbonyl (C=O) groups is 1. The second-order valence-corrected chi connectivity index (χ2v) is 4.41. The summed E-state index contributed by atoms with van der Waals surface area (Å²) in [5, 5.41) is 0. The number of aryl methyl sites for hydroxylation is 1. The maximum atomic E-state index is 13.2. The molecule has 0 saturated carbocycles. The van der Waals surface area contributed by atoms with Crippen LogP contribution in [0.25, 0.3) is 0 Å². The average Bonchev–Trinajstić information content (AvgIpc) is 2.39. The van der Waals surface area contributed by atoms with Crippen molar-refractivity contribution in [1.29, 1.82) is 0 Å². The van der Waals surface area contributed by atoms with Crippen LogP contribution < -0.4 is 0 Å². The van der Waals surface area contributed by atoms with Gasteiger partial charge in [-0.1, -0.05) is 37.3 Å². The molecule has 1 aromatic carbocycles. The molecular formula is C14H17F3O2. The highest BCUT2D eigenvalue weighted by Gasteiger charge is 2.59. The number of benzene rings is 1. The predicted molar refractivity (Wildman–Crippen MR) is 65.6 cm³/mol. The lowest BCUT2D eigenvalue weighted by Gasteiger charge is -2.32. The minimum absolute atomic E-state index is 0.184. The van der Waals surface area contributed by atoms with Gasteiger partial charge in [0.25, 0.3) is 0 Å². The smallest absolute Gasteiger partial charge is 0.404 e. The first-order valence-corrected chi connectivity index (χ1v) is 6.06. The van der Waals surface area contributed by atoms with Crippen molar-refractivity contribution in [3.05, 3.63) is 35.9 Å². The molecule has 1 rings (SSSR count). The summed E-state index contributed by atoms with van der Waals surface area (Å²) in [6.45, 7) is 1.36. The number of rotatable bonds is 5. The number of hydrogen-bond donors (Lipinski definition) is 0. The molecule has 5 heteroatoms. The van der Waals surface area contributed by atoms with E-state index in [-0.39, 0.29) is 19.3 Å². The molecule has 0 N–H and O–H groups in total. The summed E-state index contributed by atoms with van der Waals surface area (Å²) in [5.41, 5.74) is -1.65. The second kappa shape index (κ2) is 6.08. The van der Waals surface area contributed by atoms with E-state index < -0.39 is 17.6 Å². The summed E-state index contributed by atoms with van der Waals surface area (Å²) in [5.74, 6) is -1.21. The van der Waals surface area contributed by atoms with Crippen molar-refractivity contribution in [3.8, 4) is 0 Å². The molecule has 0 aliphatic rings. The minimum Gasteiger partial charge on any atom is -0.468 e. The van der Waals surface area contributed by atoms with Gasteiger partial charge >= 0.3 is 12.1 Å². The third-order valence-electron chi connectivity index (χ3n) is 3.41. The zero-order valence-corrected chi connectivity index (χ0v) is 11.0. The Balaban J connectivity index is 2.95. The van der Waals surface area contributed by atoms with E-state index >= 15 is 0 Å². The van der Waals surface area contributed by atoms with Gasteiger partial charge in [-0.25, -0.2) is 0 Å². The summed E-state index contributed by atoms with van der Waals surface area (Å²) in [4.78, 5) is 11.6. The molecule has 106 valence electrons. The van der Waals surface area contributed by atoms with Crippen molar-refractivity contribution in [3.63, 3.8) is 0 Å². The zero-order chi connectivity index (χ0) is 14.5. The molecule has 19 heavy (non-hydrogen) atoms. The van der Waals surface area contributed by atoms with E-state index in [4.69, 9.17) is 0 Å². The van der Waals surface area contributed by atoms with Gasteiger partial charge in [0.15, 0.2) is 5.41 Å². The Bertz CT molecular complexity index is 414. The Morgan fingerprint density at radius 1 is 1.21 bits per heavy atom. The Labute approximate surface area is 110 Å². The summed E-state index contributed by atoms with van der Waals surface area (Å²) in [6.07, 6.45) is -5.05. The van der Waals surface area contributed by atoms with Crippen LogP contribution in [0.1, 0.15) is 25.3 Å². The van der Waals surface area contributed by atoms with Crippen molar-refractivity contribution in [1.82, 2.24) is 0 Å². The van der Waals surface area contributed by atoms with E-state index in [1.807, 2.05) is 0 Å². The van der Waals surface area contributed by atoms with Gasteiger partial charge in [0, 0.05) is 0 Å². The van der Waals surface area contributed by atoms with Crippen LogP contribution in [0.4, 0.5) is 13.2 Å². The molecule has 0 radical (unpaired) electrons. The van der Waals surface area contributed by atoms with E-state index in [9.17, 15) is 18.0 Å². The molecule has 0 heterocycles. The molecule has 0 aliphatic carbocycles. The number of carbonyl (C=O) groups excluding carboxylic acids is 1. The molecule has 0 saturated heterocycles. The molecule has 0 bridgehead atoms. The summed E-state index contributed by atoms with van der Waals surface area (Å²) in [6, 6.07) is 8.80. The van der Waals surface area contributed by atoms with E-state index in [2.05, 4.69) is 4.74 Å². The molecule has 2 nitrogen and oxygen atoms in total. The lowest BCUT2D eigenvalue weighted by molar-refractivity contribution is -0.236. The van der Waals surface area contributed by atoms with Crippen LogP contribution in [0.5, 0.6) is 0 Å². The van der Waals surface area contributed by atoms with Crippen LogP contribution in [0, 0.1) is 5.41 Å². The molecule has 0 fully saturated rings. The van der Waals surface area contributed by atoms with Gasteiger partial charge in [0.2, 0.25) is 0 Å². The Hall–Kier alpha value is -1.52. The van der Waals surface area contributed by atoms with E-state index in [0.29, 0.717) is 0 Å². The number of esters is 1. The normalized spacial score (nSPS) is 14.8. The number of ether oxygens (including phenoxy) is 1. The number of methoxy groups -OCH3 is 1. The van der Waals surface area contributed by atoms with Crippen LogP contribution in [0.15, 0.2) is 30.3 Å². The fourth-order valence-corrected chi connectivity index (χ4v) is 2.08. The van der Waals surface area contributed by atoms with E-state index in [1.54, 1.807) is 30.3 Å². The fraction of sp³-hybridized carbons (Fsp3) is 0.500. The van der Waals surface area contributed by atoms with Crippen LogP contribution >= 0.6 is 0 Å². The van der Waals surface area contributed by atoms with Crippen LogP contribution in [0.3, 0.4) is 0 Å². The van der Waals surface area contributed by atoms with Crippen LogP contribution in [-0.2, 0) is 16.0 Å². The zero-order valence-electron chi connectivity index (χ0n) is 11.0. The summed E-state index contributed by atoms with van der Waals surface area (Å²) in [7, 11) is 0.987. The van der Waals surface area contributed by atoms with Crippen LogP contribution in [-0.4, -0.2) is 19.3 Å². The molecule has 0 aliphatic heterocycles. The Morgan fingerprint density at radius 3 is 2.21 bits per heavy atom. The van der Waals surface area contributed by atoms with Crippen LogP contribution in [0.2, 0.25) is 0 Å². The van der Waals surface area contributed by atoms with E-state index in [1.165, 1.54) is 6.92 Å². The third kappa shape index (κ3) is 3.28. The first-order chi connectivity index (χ1) is 8.87. The summed E-state index contributed by atoms with van der Waals surface area (Å²) >= 11 is 0. The van der Waals surface area contributed by atoms with Gasteiger partial charge in [0.1, 0.15) is 0 Å². The molecule has 0 aromatic heterocycles.